The molecule has 1 aromatic carbocycles. The Morgan fingerprint density at radius 3 is 2.69 bits per heavy atom. The molecule has 84 valence electrons. The molecule has 0 atom stereocenters. The van der Waals surface area contributed by atoms with E-state index in [0.717, 1.165) is 10.6 Å². The minimum Gasteiger partial charge on any atom is -0.481 e. The van der Waals surface area contributed by atoms with Gasteiger partial charge in [0, 0.05) is 4.90 Å². The van der Waals surface area contributed by atoms with Gasteiger partial charge in [-0.05, 0) is 31.2 Å². The van der Waals surface area contributed by atoms with E-state index < -0.39 is 5.97 Å². The van der Waals surface area contributed by atoms with Crippen LogP contribution in [-0.2, 0) is 4.79 Å². The summed E-state index contributed by atoms with van der Waals surface area (Å²) in [4.78, 5) is 11.3. The molecular weight excluding hydrogens is 224 g/mol. The largest absolute Gasteiger partial charge is 0.481 e. The van der Waals surface area contributed by atoms with Gasteiger partial charge in [0.25, 0.3) is 0 Å². The fourth-order valence-electron chi connectivity index (χ4n) is 0.969. The Balaban J connectivity index is 2.46. The van der Waals surface area contributed by atoms with Crippen molar-refractivity contribution in [3.05, 3.63) is 24.3 Å². The van der Waals surface area contributed by atoms with Gasteiger partial charge in [0.1, 0.15) is 12.4 Å². The summed E-state index contributed by atoms with van der Waals surface area (Å²) >= 11 is 1.28. The van der Waals surface area contributed by atoms with Crippen molar-refractivity contribution in [1.82, 2.24) is 0 Å². The van der Waals surface area contributed by atoms with Crippen LogP contribution in [0.4, 0.5) is 0 Å². The van der Waals surface area contributed by atoms with Crippen molar-refractivity contribution in [2.45, 2.75) is 11.8 Å². The summed E-state index contributed by atoms with van der Waals surface area (Å²) in [6.07, 6.45) is 0. The lowest BCUT2D eigenvalue weighted by molar-refractivity contribution is -0.133. The predicted octanol–water partition coefficient (Wildman–Crippen LogP) is 2.27. The Bertz CT molecular complexity index is 401. The van der Waals surface area contributed by atoms with Crippen LogP contribution in [0.15, 0.2) is 29.2 Å². The number of aliphatic carboxylic acids is 1. The van der Waals surface area contributed by atoms with E-state index in [4.69, 9.17) is 9.84 Å². The van der Waals surface area contributed by atoms with Gasteiger partial charge < -0.3 is 9.84 Å². The Kier molecular flexibility index (Phi) is 5.30. The molecule has 4 heteroatoms. The minimum absolute atomic E-state index is 0.0709. The van der Waals surface area contributed by atoms with Crippen LogP contribution in [0.2, 0.25) is 0 Å². The van der Waals surface area contributed by atoms with Gasteiger partial charge in [-0.3, -0.25) is 4.79 Å². The molecule has 0 saturated carbocycles. The first-order valence-corrected chi connectivity index (χ1v) is 5.68. The summed E-state index contributed by atoms with van der Waals surface area (Å²) in [6.45, 7) is 2.13. The zero-order chi connectivity index (χ0) is 11.8. The molecule has 0 unspecified atom stereocenters. The van der Waals surface area contributed by atoms with Crippen molar-refractivity contribution in [1.29, 1.82) is 0 Å². The van der Waals surface area contributed by atoms with Crippen molar-refractivity contribution in [2.75, 3.05) is 12.4 Å². The topological polar surface area (TPSA) is 46.5 Å². The number of carbonyl (C=O) groups is 1. The van der Waals surface area contributed by atoms with Gasteiger partial charge in [0.2, 0.25) is 0 Å². The van der Waals surface area contributed by atoms with E-state index in [1.165, 1.54) is 11.8 Å². The molecule has 0 aliphatic heterocycles. The second-order valence-electron chi connectivity index (χ2n) is 2.87. The molecule has 0 fully saturated rings. The zero-order valence-corrected chi connectivity index (χ0v) is 9.71. The molecular formula is C12H12O3S. The van der Waals surface area contributed by atoms with Gasteiger partial charge in [-0.2, -0.15) is 0 Å². The van der Waals surface area contributed by atoms with Crippen LogP contribution < -0.4 is 4.74 Å². The molecule has 1 rings (SSSR count). The Morgan fingerprint density at radius 2 is 2.12 bits per heavy atom. The highest BCUT2D eigenvalue weighted by molar-refractivity contribution is 8.00. The molecule has 1 aromatic rings. The third-order valence-electron chi connectivity index (χ3n) is 1.67. The van der Waals surface area contributed by atoms with Gasteiger partial charge >= 0.3 is 5.97 Å². The van der Waals surface area contributed by atoms with Crippen molar-refractivity contribution in [3.63, 3.8) is 0 Å². The lowest BCUT2D eigenvalue weighted by Gasteiger charge is -2.03. The highest BCUT2D eigenvalue weighted by Crippen LogP contribution is 2.21. The Morgan fingerprint density at radius 1 is 1.44 bits per heavy atom. The fourth-order valence-corrected chi connectivity index (χ4v) is 1.59. The molecule has 0 aliphatic rings. The van der Waals surface area contributed by atoms with E-state index in [1.807, 2.05) is 24.3 Å². The molecule has 0 aromatic heterocycles. The SMILES string of the molecule is CC#CCOc1ccc(SCC(=O)O)cc1. The number of rotatable bonds is 5. The van der Waals surface area contributed by atoms with Crippen LogP contribution in [0.5, 0.6) is 5.75 Å². The lowest BCUT2D eigenvalue weighted by atomic mass is 10.3. The number of thioether (sulfide) groups is 1. The summed E-state index contributed by atoms with van der Waals surface area (Å²) in [5.41, 5.74) is 0. The van der Waals surface area contributed by atoms with Gasteiger partial charge in [-0.15, -0.1) is 17.7 Å². The maximum atomic E-state index is 10.4. The number of benzene rings is 1. The highest BCUT2D eigenvalue weighted by Gasteiger charge is 1.99. The Hall–Kier alpha value is -1.60. The van der Waals surface area contributed by atoms with E-state index in [0.29, 0.717) is 6.61 Å². The average molecular weight is 236 g/mol. The molecule has 0 aliphatic carbocycles. The van der Waals surface area contributed by atoms with Gasteiger partial charge in [-0.25, -0.2) is 0 Å². The number of ether oxygens (including phenoxy) is 1. The van der Waals surface area contributed by atoms with Crippen molar-refractivity contribution in [3.8, 4) is 17.6 Å². The summed E-state index contributed by atoms with van der Waals surface area (Å²) in [6, 6.07) is 7.29. The van der Waals surface area contributed by atoms with Crippen molar-refractivity contribution in [2.24, 2.45) is 0 Å². The van der Waals surface area contributed by atoms with Crippen molar-refractivity contribution >= 4 is 17.7 Å². The second-order valence-corrected chi connectivity index (χ2v) is 3.92. The third kappa shape index (κ3) is 4.76. The fraction of sp³-hybridized carbons (Fsp3) is 0.250. The molecule has 0 amide bonds. The molecule has 0 heterocycles. The molecule has 0 spiro atoms. The summed E-state index contributed by atoms with van der Waals surface area (Å²) in [7, 11) is 0. The molecule has 3 nitrogen and oxygen atoms in total. The predicted molar refractivity (Wildman–Crippen MR) is 63.7 cm³/mol. The maximum Gasteiger partial charge on any atom is 0.313 e. The normalized spacial score (nSPS) is 9.06. The van der Waals surface area contributed by atoms with Gasteiger partial charge in [-0.1, -0.05) is 5.92 Å². The first-order valence-electron chi connectivity index (χ1n) is 4.69. The smallest absolute Gasteiger partial charge is 0.313 e. The third-order valence-corrected chi connectivity index (χ3v) is 2.67. The molecule has 16 heavy (non-hydrogen) atoms. The van der Waals surface area contributed by atoms with E-state index in [-0.39, 0.29) is 5.75 Å². The van der Waals surface area contributed by atoms with E-state index in [1.54, 1.807) is 6.92 Å². The number of hydrogen-bond donors (Lipinski definition) is 1. The van der Waals surface area contributed by atoms with Crippen LogP contribution in [0, 0.1) is 11.8 Å². The molecule has 0 saturated heterocycles. The van der Waals surface area contributed by atoms with Crippen molar-refractivity contribution < 1.29 is 14.6 Å². The lowest BCUT2D eigenvalue weighted by Crippen LogP contribution is -1.97. The first-order chi connectivity index (χ1) is 7.72. The summed E-state index contributed by atoms with van der Waals surface area (Å²) < 4.78 is 5.33. The monoisotopic (exact) mass is 236 g/mol. The summed E-state index contributed by atoms with van der Waals surface area (Å²) in [5, 5.41) is 8.51. The highest BCUT2D eigenvalue weighted by atomic mass is 32.2. The zero-order valence-electron chi connectivity index (χ0n) is 8.90. The van der Waals surface area contributed by atoms with Crippen LogP contribution in [0.25, 0.3) is 0 Å². The number of carboxylic acid groups (broad SMARTS) is 1. The quantitative estimate of drug-likeness (QED) is 0.629. The number of carboxylic acids is 1. The van der Waals surface area contributed by atoms with Crippen LogP contribution in [-0.4, -0.2) is 23.4 Å². The molecule has 1 N–H and O–H groups in total. The average Bonchev–Trinajstić information content (AvgIpc) is 2.28. The van der Waals surface area contributed by atoms with E-state index >= 15 is 0 Å². The van der Waals surface area contributed by atoms with Crippen LogP contribution in [0.1, 0.15) is 6.92 Å². The molecule has 0 radical (unpaired) electrons. The van der Waals surface area contributed by atoms with E-state index in [9.17, 15) is 4.79 Å². The van der Waals surface area contributed by atoms with Gasteiger partial charge in [0.15, 0.2) is 0 Å². The second kappa shape index (κ2) is 6.81. The maximum absolute atomic E-state index is 10.4. The first kappa shape index (κ1) is 12.5. The van der Waals surface area contributed by atoms with Gasteiger partial charge in [0.05, 0.1) is 5.75 Å². The number of hydrogen-bond acceptors (Lipinski definition) is 3. The Labute approximate surface area is 98.8 Å². The molecule has 0 bridgehead atoms. The van der Waals surface area contributed by atoms with Crippen LogP contribution >= 0.6 is 11.8 Å². The summed E-state index contributed by atoms with van der Waals surface area (Å²) in [5.74, 6) is 5.53. The standard InChI is InChI=1S/C12H12O3S/c1-2-3-8-15-10-4-6-11(7-5-10)16-9-12(13)14/h4-7H,8-9H2,1H3,(H,13,14). The van der Waals surface area contributed by atoms with E-state index in [2.05, 4.69) is 11.8 Å². The minimum atomic E-state index is -0.816. The van der Waals surface area contributed by atoms with Crippen LogP contribution in [0.3, 0.4) is 0 Å².